The van der Waals surface area contributed by atoms with Crippen LogP contribution in [0, 0.1) is 6.92 Å². The number of nitrogens with two attached hydrogens (primary N) is 1. The summed E-state index contributed by atoms with van der Waals surface area (Å²) in [4.78, 5) is 0. The smallest absolute Gasteiger partial charge is 0.253 e. The largest absolute Gasteiger partial charge is 0.484 e. The molecule has 0 saturated heterocycles. The van der Waals surface area contributed by atoms with Crippen molar-refractivity contribution in [1.29, 1.82) is 0 Å². The van der Waals surface area contributed by atoms with Crippen molar-refractivity contribution in [2.45, 2.75) is 24.4 Å². The molecule has 0 aliphatic carbocycles. The number of aromatic nitrogens is 5. The minimum absolute atomic E-state index is 0.230. The van der Waals surface area contributed by atoms with Crippen LogP contribution in [0.2, 0.25) is 0 Å². The molecule has 0 fully saturated rings. The molecule has 0 bridgehead atoms. The second-order valence-electron chi connectivity index (χ2n) is 4.38. The lowest BCUT2D eigenvalue weighted by atomic mass is 10.3. The average molecular weight is 318 g/mol. The van der Waals surface area contributed by atoms with E-state index in [2.05, 4.69) is 20.4 Å². The van der Waals surface area contributed by atoms with Crippen LogP contribution < -0.4 is 10.6 Å². The van der Waals surface area contributed by atoms with Crippen molar-refractivity contribution < 1.29 is 9.15 Å². The van der Waals surface area contributed by atoms with Gasteiger partial charge in [-0.15, -0.1) is 20.4 Å². The third-order valence-corrected chi connectivity index (χ3v) is 3.70. The first kappa shape index (κ1) is 14.4. The summed E-state index contributed by atoms with van der Waals surface area (Å²) >= 11 is 1.38. The van der Waals surface area contributed by atoms with E-state index in [9.17, 15) is 0 Å². The van der Waals surface area contributed by atoms with Crippen LogP contribution in [0.25, 0.3) is 0 Å². The highest BCUT2D eigenvalue weighted by Crippen LogP contribution is 2.19. The summed E-state index contributed by atoms with van der Waals surface area (Å²) < 4.78 is 12.5. The van der Waals surface area contributed by atoms with E-state index in [0.29, 0.717) is 28.5 Å². The Hall–Kier alpha value is -2.55. The molecule has 0 radical (unpaired) electrons. The third kappa shape index (κ3) is 3.37. The van der Waals surface area contributed by atoms with Crippen LogP contribution in [0.4, 0.5) is 0 Å². The first-order chi connectivity index (χ1) is 10.7. The Bertz CT molecular complexity index is 742. The zero-order valence-corrected chi connectivity index (χ0v) is 12.7. The van der Waals surface area contributed by atoms with Gasteiger partial charge in [0.25, 0.3) is 5.89 Å². The summed E-state index contributed by atoms with van der Waals surface area (Å²) in [6, 6.07) is 9.45. The third-order valence-electron chi connectivity index (χ3n) is 2.77. The van der Waals surface area contributed by atoms with E-state index in [0.717, 1.165) is 5.75 Å². The number of thioether (sulfide) groups is 1. The summed E-state index contributed by atoms with van der Waals surface area (Å²) in [5, 5.41) is 16.3. The topological polar surface area (TPSA) is 105 Å². The van der Waals surface area contributed by atoms with Crippen LogP contribution >= 0.6 is 11.8 Å². The van der Waals surface area contributed by atoms with E-state index >= 15 is 0 Å². The number of ether oxygens (including phenoxy) is 1. The molecule has 9 heteroatoms. The van der Waals surface area contributed by atoms with Gasteiger partial charge in [-0.05, 0) is 19.1 Å². The van der Waals surface area contributed by atoms with Crippen molar-refractivity contribution in [3.8, 4) is 5.75 Å². The Labute approximate surface area is 130 Å². The van der Waals surface area contributed by atoms with Crippen LogP contribution in [0.1, 0.15) is 17.6 Å². The second-order valence-corrected chi connectivity index (χ2v) is 5.32. The van der Waals surface area contributed by atoms with E-state index in [1.807, 2.05) is 30.3 Å². The molecule has 3 rings (SSSR count). The number of nitrogen functional groups attached to an aromatic ring is 1. The molecule has 3 aromatic rings. The molecule has 0 aliphatic rings. The van der Waals surface area contributed by atoms with E-state index in [4.69, 9.17) is 15.0 Å². The number of hydrogen-bond acceptors (Lipinski definition) is 8. The fraction of sp³-hybridized carbons (Fsp3) is 0.231. The molecule has 8 nitrogen and oxygen atoms in total. The maximum Gasteiger partial charge on any atom is 0.253 e. The highest BCUT2D eigenvalue weighted by atomic mass is 32.2. The van der Waals surface area contributed by atoms with Gasteiger partial charge in [-0.2, -0.15) is 0 Å². The first-order valence-electron chi connectivity index (χ1n) is 6.51. The van der Waals surface area contributed by atoms with Gasteiger partial charge in [-0.3, -0.25) is 0 Å². The van der Waals surface area contributed by atoms with E-state index in [1.165, 1.54) is 16.4 Å². The van der Waals surface area contributed by atoms with Gasteiger partial charge in [0.1, 0.15) is 11.6 Å². The average Bonchev–Trinajstić information content (AvgIpc) is 3.13. The molecule has 0 spiro atoms. The number of aryl methyl sites for hydroxylation is 1. The minimum Gasteiger partial charge on any atom is -0.484 e. The van der Waals surface area contributed by atoms with Gasteiger partial charge in [-0.1, -0.05) is 30.0 Å². The van der Waals surface area contributed by atoms with E-state index in [1.54, 1.807) is 6.92 Å². The zero-order valence-electron chi connectivity index (χ0n) is 11.8. The normalized spacial score (nSPS) is 10.8. The molecule has 0 saturated carbocycles. The SMILES string of the molecule is Cc1nnc(SCc2nnc(COc3ccccc3)o2)n1N. The number of hydrogen-bond donors (Lipinski definition) is 1. The first-order valence-corrected chi connectivity index (χ1v) is 7.50. The molecule has 0 unspecified atom stereocenters. The van der Waals surface area contributed by atoms with Gasteiger partial charge in [0.2, 0.25) is 11.0 Å². The van der Waals surface area contributed by atoms with Crippen LogP contribution in [0.5, 0.6) is 5.75 Å². The summed E-state index contributed by atoms with van der Waals surface area (Å²) in [7, 11) is 0. The van der Waals surface area contributed by atoms with Crippen molar-refractivity contribution in [3.63, 3.8) is 0 Å². The van der Waals surface area contributed by atoms with Gasteiger partial charge < -0.3 is 15.0 Å². The molecule has 2 heterocycles. The predicted molar refractivity (Wildman–Crippen MR) is 79.5 cm³/mol. The fourth-order valence-corrected chi connectivity index (χ4v) is 2.38. The van der Waals surface area contributed by atoms with Gasteiger partial charge in [0.15, 0.2) is 6.61 Å². The number of nitrogens with zero attached hydrogens (tertiary/aromatic N) is 5. The lowest BCUT2D eigenvalue weighted by Gasteiger charge is -2.01. The Morgan fingerprint density at radius 2 is 1.91 bits per heavy atom. The Kier molecular flexibility index (Phi) is 4.24. The van der Waals surface area contributed by atoms with Crippen LogP contribution in [-0.4, -0.2) is 25.1 Å². The van der Waals surface area contributed by atoms with Gasteiger partial charge >= 0.3 is 0 Å². The van der Waals surface area contributed by atoms with Gasteiger partial charge in [0.05, 0.1) is 5.75 Å². The predicted octanol–water partition coefficient (Wildman–Crippen LogP) is 1.55. The molecule has 2 N–H and O–H groups in total. The lowest BCUT2D eigenvalue weighted by molar-refractivity contribution is 0.260. The molecule has 0 atom stereocenters. The number of rotatable bonds is 6. The number of benzene rings is 1. The Morgan fingerprint density at radius 1 is 1.14 bits per heavy atom. The maximum atomic E-state index is 5.77. The van der Waals surface area contributed by atoms with Crippen molar-refractivity contribution >= 4 is 11.8 Å². The summed E-state index contributed by atoms with van der Waals surface area (Å²) in [5.41, 5.74) is 0. The second kappa shape index (κ2) is 6.48. The summed E-state index contributed by atoms with van der Waals surface area (Å²) in [6.07, 6.45) is 0. The Balaban J connectivity index is 1.54. The molecule has 114 valence electrons. The molecule has 1 aromatic carbocycles. The van der Waals surface area contributed by atoms with Crippen LogP contribution in [0.15, 0.2) is 39.9 Å². The van der Waals surface area contributed by atoms with E-state index in [-0.39, 0.29) is 6.61 Å². The Morgan fingerprint density at radius 3 is 2.64 bits per heavy atom. The van der Waals surface area contributed by atoms with Crippen molar-refractivity contribution in [1.82, 2.24) is 25.1 Å². The quantitative estimate of drug-likeness (QED) is 0.539. The van der Waals surface area contributed by atoms with Crippen molar-refractivity contribution in [3.05, 3.63) is 47.9 Å². The van der Waals surface area contributed by atoms with Crippen molar-refractivity contribution in [2.75, 3.05) is 5.84 Å². The molecule has 2 aromatic heterocycles. The van der Waals surface area contributed by atoms with Gasteiger partial charge in [-0.25, -0.2) is 4.68 Å². The molecule has 0 aliphatic heterocycles. The monoisotopic (exact) mass is 318 g/mol. The highest BCUT2D eigenvalue weighted by Gasteiger charge is 2.11. The summed E-state index contributed by atoms with van der Waals surface area (Å²) in [6.45, 7) is 2.01. The zero-order chi connectivity index (χ0) is 15.4. The lowest BCUT2D eigenvalue weighted by Crippen LogP contribution is -2.11. The molecular weight excluding hydrogens is 304 g/mol. The van der Waals surface area contributed by atoms with E-state index < -0.39 is 0 Å². The fourth-order valence-electron chi connectivity index (χ4n) is 1.64. The summed E-state index contributed by atoms with van der Waals surface area (Å²) in [5.74, 6) is 8.54. The maximum absolute atomic E-state index is 5.77. The standard InChI is InChI=1S/C13H14N6O2S/c1-9-15-18-13(19(9)14)22-8-12-17-16-11(21-12)7-20-10-5-3-2-4-6-10/h2-6H,7-8,14H2,1H3. The molecule has 0 amide bonds. The minimum atomic E-state index is 0.230. The number of para-hydroxylation sites is 1. The van der Waals surface area contributed by atoms with Crippen molar-refractivity contribution in [2.24, 2.45) is 0 Å². The molecular formula is C13H14N6O2S. The van der Waals surface area contributed by atoms with Crippen LogP contribution in [0.3, 0.4) is 0 Å². The molecule has 22 heavy (non-hydrogen) atoms. The highest BCUT2D eigenvalue weighted by molar-refractivity contribution is 7.98. The van der Waals surface area contributed by atoms with Crippen LogP contribution in [-0.2, 0) is 12.4 Å². The van der Waals surface area contributed by atoms with Gasteiger partial charge in [0, 0.05) is 0 Å².